The van der Waals surface area contributed by atoms with Gasteiger partial charge in [-0.3, -0.25) is 19.5 Å². The molecule has 0 aliphatic heterocycles. The second-order valence-electron chi connectivity index (χ2n) is 7.70. The molecule has 3 aromatic carbocycles. The monoisotopic (exact) mass is 444 g/mol. The predicted octanol–water partition coefficient (Wildman–Crippen LogP) is 5.31. The number of nitro groups is 1. The molecule has 0 unspecified atom stereocenters. The Balaban J connectivity index is 1.48. The van der Waals surface area contributed by atoms with E-state index >= 15 is 0 Å². The first-order valence-electron chi connectivity index (χ1n) is 10.6. The van der Waals surface area contributed by atoms with Gasteiger partial charge in [-0.05, 0) is 42.8 Å². The summed E-state index contributed by atoms with van der Waals surface area (Å²) in [6, 6.07) is 21.3. The lowest BCUT2D eigenvalue weighted by atomic mass is 10.1. The van der Waals surface area contributed by atoms with Gasteiger partial charge < -0.3 is 9.47 Å². The van der Waals surface area contributed by atoms with Crippen LogP contribution in [0, 0.1) is 17.0 Å². The van der Waals surface area contributed by atoms with Gasteiger partial charge in [0.25, 0.3) is 11.6 Å². The molecule has 0 saturated heterocycles. The van der Waals surface area contributed by atoms with E-state index in [2.05, 4.69) is 0 Å². The Hall–Kier alpha value is -3.97. The minimum atomic E-state index is -0.409. The Kier molecular flexibility index (Phi) is 6.51. The zero-order valence-electron chi connectivity index (χ0n) is 18.5. The van der Waals surface area contributed by atoms with Crippen LogP contribution in [0.1, 0.15) is 27.2 Å². The van der Waals surface area contributed by atoms with E-state index in [0.29, 0.717) is 30.9 Å². The van der Waals surface area contributed by atoms with E-state index in [1.807, 2.05) is 37.3 Å². The summed E-state index contributed by atoms with van der Waals surface area (Å²) in [6.07, 6.45) is 0.541. The van der Waals surface area contributed by atoms with Crippen LogP contribution in [0.2, 0.25) is 0 Å². The van der Waals surface area contributed by atoms with Crippen LogP contribution in [0.5, 0.6) is 5.75 Å². The van der Waals surface area contributed by atoms with Crippen LogP contribution in [0.3, 0.4) is 0 Å². The van der Waals surface area contributed by atoms with Crippen molar-refractivity contribution in [3.05, 3.63) is 105 Å². The molecule has 0 radical (unpaired) electrons. The number of fused-ring (bicyclic) bond motifs is 1. The molecule has 0 spiro atoms. The van der Waals surface area contributed by atoms with Crippen molar-refractivity contribution in [3.63, 3.8) is 0 Å². The van der Waals surface area contributed by atoms with Crippen molar-refractivity contribution in [2.45, 2.75) is 20.0 Å². The number of hydrogen-bond acceptors (Lipinski definition) is 5. The predicted molar refractivity (Wildman–Crippen MR) is 126 cm³/mol. The number of non-ortho nitro benzene ring substituents is 1. The molecule has 0 saturated carbocycles. The first kappa shape index (κ1) is 22.2. The smallest absolute Gasteiger partial charge is 0.269 e. The maximum absolute atomic E-state index is 13.3. The molecule has 0 aliphatic carbocycles. The number of para-hydroxylation sites is 1. The van der Waals surface area contributed by atoms with E-state index in [-0.39, 0.29) is 11.6 Å². The van der Waals surface area contributed by atoms with Gasteiger partial charge in [-0.1, -0.05) is 30.3 Å². The number of methoxy groups -OCH3 is 1. The minimum Gasteiger partial charge on any atom is -0.493 e. The molecule has 0 fully saturated rings. The number of ether oxygens (including phenoxy) is 2. The molecule has 1 aromatic heterocycles. The highest BCUT2D eigenvalue weighted by molar-refractivity contribution is 6.04. The third kappa shape index (κ3) is 4.63. The SMILES string of the molecule is COCc1c(C)n(C(=O)c2ccc(OCCc3cccc([N+](=O)[O-])c3)cc2)c2ccccc12. The summed E-state index contributed by atoms with van der Waals surface area (Å²) >= 11 is 0. The average molecular weight is 444 g/mol. The number of rotatable bonds is 8. The van der Waals surface area contributed by atoms with Crippen molar-refractivity contribution in [1.82, 2.24) is 4.57 Å². The van der Waals surface area contributed by atoms with E-state index < -0.39 is 4.92 Å². The van der Waals surface area contributed by atoms with Gasteiger partial charge in [0.05, 0.1) is 23.7 Å². The normalized spacial score (nSPS) is 11.0. The minimum absolute atomic E-state index is 0.0665. The van der Waals surface area contributed by atoms with Gasteiger partial charge in [0.2, 0.25) is 0 Å². The second kappa shape index (κ2) is 9.67. The van der Waals surface area contributed by atoms with Gasteiger partial charge in [-0.25, -0.2) is 0 Å². The van der Waals surface area contributed by atoms with Crippen LogP contribution in [0.4, 0.5) is 5.69 Å². The fraction of sp³-hybridized carbons (Fsp3) is 0.192. The number of hydrogen-bond donors (Lipinski definition) is 0. The summed E-state index contributed by atoms with van der Waals surface area (Å²) in [7, 11) is 1.64. The molecular weight excluding hydrogens is 420 g/mol. The number of carbonyl (C=O) groups is 1. The van der Waals surface area contributed by atoms with E-state index in [1.165, 1.54) is 6.07 Å². The number of aromatic nitrogens is 1. The number of nitro benzene ring substituents is 1. The van der Waals surface area contributed by atoms with Gasteiger partial charge in [0.1, 0.15) is 5.75 Å². The van der Waals surface area contributed by atoms with Crippen molar-refractivity contribution in [3.8, 4) is 5.75 Å². The second-order valence-corrected chi connectivity index (χ2v) is 7.70. The molecule has 0 N–H and O–H groups in total. The average Bonchev–Trinajstić information content (AvgIpc) is 3.11. The Morgan fingerprint density at radius 1 is 1.03 bits per heavy atom. The van der Waals surface area contributed by atoms with Crippen LogP contribution >= 0.6 is 0 Å². The van der Waals surface area contributed by atoms with Gasteiger partial charge in [0, 0.05) is 47.9 Å². The van der Waals surface area contributed by atoms with Gasteiger partial charge >= 0.3 is 0 Å². The van der Waals surface area contributed by atoms with Crippen LogP contribution in [-0.2, 0) is 17.8 Å². The lowest BCUT2D eigenvalue weighted by Crippen LogP contribution is -2.13. The summed E-state index contributed by atoms with van der Waals surface area (Å²) < 4.78 is 12.8. The molecule has 1 heterocycles. The van der Waals surface area contributed by atoms with Crippen molar-refractivity contribution in [2.75, 3.05) is 13.7 Å². The Morgan fingerprint density at radius 3 is 2.52 bits per heavy atom. The number of nitrogens with zero attached hydrogens (tertiary/aromatic N) is 2. The van der Waals surface area contributed by atoms with E-state index in [0.717, 1.165) is 27.7 Å². The third-order valence-electron chi connectivity index (χ3n) is 5.62. The fourth-order valence-electron chi connectivity index (χ4n) is 3.96. The van der Waals surface area contributed by atoms with Crippen LogP contribution in [0.15, 0.2) is 72.8 Å². The van der Waals surface area contributed by atoms with Crippen LogP contribution in [0.25, 0.3) is 10.9 Å². The van der Waals surface area contributed by atoms with E-state index in [9.17, 15) is 14.9 Å². The molecule has 0 aliphatic rings. The standard InChI is InChI=1S/C26H24N2O5/c1-18-24(17-32-2)23-8-3-4-9-25(23)27(18)26(29)20-10-12-22(13-11-20)33-15-14-19-6-5-7-21(16-19)28(30)31/h3-13,16H,14-15,17H2,1-2H3. The molecular formula is C26H24N2O5. The largest absolute Gasteiger partial charge is 0.493 e. The number of benzene rings is 3. The maximum Gasteiger partial charge on any atom is 0.269 e. The fourth-order valence-corrected chi connectivity index (χ4v) is 3.96. The summed E-state index contributed by atoms with van der Waals surface area (Å²) in [5.74, 6) is 0.514. The molecule has 168 valence electrons. The molecule has 7 nitrogen and oxygen atoms in total. The molecule has 0 amide bonds. The highest BCUT2D eigenvalue weighted by Gasteiger charge is 2.19. The van der Waals surface area contributed by atoms with Crippen LogP contribution < -0.4 is 4.74 Å². The highest BCUT2D eigenvalue weighted by atomic mass is 16.6. The third-order valence-corrected chi connectivity index (χ3v) is 5.62. The molecule has 0 bridgehead atoms. The van der Waals surface area contributed by atoms with E-state index in [1.54, 1.807) is 48.1 Å². The van der Waals surface area contributed by atoms with E-state index in [4.69, 9.17) is 9.47 Å². The summed E-state index contributed by atoms with van der Waals surface area (Å²) in [5, 5.41) is 11.9. The Labute approximate surface area is 191 Å². The first-order valence-corrected chi connectivity index (χ1v) is 10.6. The topological polar surface area (TPSA) is 83.6 Å². The van der Waals surface area contributed by atoms with Gasteiger partial charge in [-0.2, -0.15) is 0 Å². The van der Waals surface area contributed by atoms with Gasteiger partial charge in [-0.15, -0.1) is 0 Å². The van der Waals surface area contributed by atoms with Crippen molar-refractivity contribution in [2.24, 2.45) is 0 Å². The molecule has 0 atom stereocenters. The summed E-state index contributed by atoms with van der Waals surface area (Å²) in [5.41, 5.74) is 4.16. The Bertz CT molecular complexity index is 1310. The molecule has 33 heavy (non-hydrogen) atoms. The molecule has 4 rings (SSSR count). The summed E-state index contributed by atoms with van der Waals surface area (Å²) in [6.45, 7) is 2.73. The maximum atomic E-state index is 13.3. The molecule has 7 heteroatoms. The van der Waals surface area contributed by atoms with Crippen molar-refractivity contribution >= 4 is 22.5 Å². The lowest BCUT2D eigenvalue weighted by Gasteiger charge is -2.10. The zero-order valence-corrected chi connectivity index (χ0v) is 18.5. The van der Waals surface area contributed by atoms with Crippen LogP contribution in [-0.4, -0.2) is 29.1 Å². The lowest BCUT2D eigenvalue weighted by molar-refractivity contribution is -0.384. The highest BCUT2D eigenvalue weighted by Crippen LogP contribution is 2.28. The first-order chi connectivity index (χ1) is 16.0. The molecule has 4 aromatic rings. The summed E-state index contributed by atoms with van der Waals surface area (Å²) in [4.78, 5) is 23.8. The van der Waals surface area contributed by atoms with Gasteiger partial charge in [0.15, 0.2) is 0 Å². The number of carbonyl (C=O) groups excluding carboxylic acids is 1. The quantitative estimate of drug-likeness (QED) is 0.271. The van der Waals surface area contributed by atoms with Crippen molar-refractivity contribution in [1.29, 1.82) is 0 Å². The zero-order chi connectivity index (χ0) is 23.4. The Morgan fingerprint density at radius 2 is 1.79 bits per heavy atom. The van der Waals surface area contributed by atoms with Crippen molar-refractivity contribution < 1.29 is 19.2 Å².